The Hall–Kier alpha value is -3.80. The van der Waals surface area contributed by atoms with Gasteiger partial charge in [-0.3, -0.25) is 4.68 Å². The maximum absolute atomic E-state index is 13.4. The molecule has 0 unspecified atom stereocenters. The summed E-state index contributed by atoms with van der Waals surface area (Å²) in [6, 6.07) is 18.1. The molecule has 0 aliphatic carbocycles. The smallest absolute Gasteiger partial charge is 0.230 e. The van der Waals surface area contributed by atoms with Crippen molar-refractivity contribution in [2.24, 2.45) is 0 Å². The summed E-state index contributed by atoms with van der Waals surface area (Å²) < 4.78 is 21.2. The monoisotopic (exact) mass is 384 g/mol. The average Bonchev–Trinajstić information content (AvgIpc) is 3.39. The van der Waals surface area contributed by atoms with Gasteiger partial charge in [0.15, 0.2) is 5.82 Å². The van der Waals surface area contributed by atoms with Crippen molar-refractivity contribution in [2.45, 2.75) is 13.5 Å². The van der Waals surface area contributed by atoms with Crippen LogP contribution in [-0.2, 0) is 6.54 Å². The van der Waals surface area contributed by atoms with Crippen LogP contribution in [0.25, 0.3) is 45.1 Å². The van der Waals surface area contributed by atoms with Gasteiger partial charge in [-0.15, -0.1) is 0 Å². The van der Waals surface area contributed by atoms with E-state index in [-0.39, 0.29) is 5.82 Å². The second-order valence-corrected chi connectivity index (χ2v) is 6.68. The third-order valence-electron chi connectivity index (χ3n) is 4.78. The fourth-order valence-electron chi connectivity index (χ4n) is 3.27. The summed E-state index contributed by atoms with van der Waals surface area (Å²) in [5.41, 5.74) is 3.79. The zero-order chi connectivity index (χ0) is 19.8. The van der Waals surface area contributed by atoms with E-state index in [1.165, 1.54) is 12.1 Å². The maximum Gasteiger partial charge on any atom is 0.230 e. The van der Waals surface area contributed by atoms with E-state index in [0.717, 1.165) is 27.8 Å². The molecule has 0 spiro atoms. The lowest BCUT2D eigenvalue weighted by Gasteiger charge is -2.01. The van der Waals surface area contributed by atoms with Crippen molar-refractivity contribution in [2.75, 3.05) is 0 Å². The molecule has 3 aromatic heterocycles. The normalized spacial score (nSPS) is 11.2. The predicted octanol–water partition coefficient (Wildman–Crippen LogP) is 5.58. The van der Waals surface area contributed by atoms with Gasteiger partial charge in [0, 0.05) is 30.1 Å². The number of rotatable bonds is 4. The van der Waals surface area contributed by atoms with Gasteiger partial charge in [0.1, 0.15) is 17.3 Å². The predicted molar refractivity (Wildman–Crippen MR) is 110 cm³/mol. The third-order valence-corrected chi connectivity index (χ3v) is 4.78. The Kier molecular flexibility index (Phi) is 4.17. The van der Waals surface area contributed by atoms with E-state index in [0.29, 0.717) is 23.8 Å². The molecular formula is C23H17FN4O. The zero-order valence-corrected chi connectivity index (χ0v) is 15.7. The molecule has 6 heteroatoms. The molecule has 5 nitrogen and oxygen atoms in total. The van der Waals surface area contributed by atoms with Gasteiger partial charge >= 0.3 is 0 Å². The maximum atomic E-state index is 13.4. The quantitative estimate of drug-likeness (QED) is 0.406. The fraction of sp³-hybridized carbons (Fsp3) is 0.0870. The number of hydrogen-bond donors (Lipinski definition) is 0. The van der Waals surface area contributed by atoms with E-state index in [2.05, 4.69) is 15.1 Å². The minimum Gasteiger partial charge on any atom is -0.438 e. The van der Waals surface area contributed by atoms with Crippen LogP contribution in [0.2, 0.25) is 0 Å². The molecule has 0 amide bonds. The molecule has 0 bridgehead atoms. The molecule has 29 heavy (non-hydrogen) atoms. The van der Waals surface area contributed by atoms with E-state index >= 15 is 0 Å². The van der Waals surface area contributed by atoms with Gasteiger partial charge in [0.2, 0.25) is 5.71 Å². The Morgan fingerprint density at radius 1 is 1.00 bits per heavy atom. The number of benzene rings is 2. The van der Waals surface area contributed by atoms with Crippen molar-refractivity contribution in [3.63, 3.8) is 0 Å². The Labute approximate surface area is 166 Å². The lowest BCUT2D eigenvalue weighted by Crippen LogP contribution is -1.93. The van der Waals surface area contributed by atoms with Crippen LogP contribution in [0.3, 0.4) is 0 Å². The number of fused-ring (bicyclic) bond motifs is 1. The van der Waals surface area contributed by atoms with Gasteiger partial charge < -0.3 is 4.42 Å². The van der Waals surface area contributed by atoms with Crippen LogP contribution in [0.15, 0.2) is 77.5 Å². The number of aryl methyl sites for hydroxylation is 1. The summed E-state index contributed by atoms with van der Waals surface area (Å²) in [6.07, 6.45) is 3.66. The van der Waals surface area contributed by atoms with E-state index in [4.69, 9.17) is 4.42 Å². The summed E-state index contributed by atoms with van der Waals surface area (Å²) >= 11 is 0. The van der Waals surface area contributed by atoms with E-state index in [1.54, 1.807) is 18.3 Å². The number of hydrogen-bond acceptors (Lipinski definition) is 4. The Balaban J connectivity index is 1.62. The van der Waals surface area contributed by atoms with Gasteiger partial charge in [-0.2, -0.15) is 10.1 Å². The molecule has 0 aliphatic rings. The standard InChI is InChI=1S/C23H17FN4O/c1-2-28-14-19(21(27-28)16-8-10-18(24)11-9-16)22-25-13-17-12-20(29-23(17)26-22)15-6-4-3-5-7-15/h3-14H,2H2,1H3. The number of halogens is 1. The molecule has 2 aromatic carbocycles. The largest absolute Gasteiger partial charge is 0.438 e. The summed E-state index contributed by atoms with van der Waals surface area (Å²) in [5, 5.41) is 5.45. The second kappa shape index (κ2) is 6.98. The molecule has 0 atom stereocenters. The highest BCUT2D eigenvalue weighted by atomic mass is 19.1. The van der Waals surface area contributed by atoms with Crippen LogP contribution in [0.5, 0.6) is 0 Å². The highest BCUT2D eigenvalue weighted by molar-refractivity contribution is 5.83. The SMILES string of the molecule is CCn1cc(-c2ncc3cc(-c4ccccc4)oc3n2)c(-c2ccc(F)cc2)n1. The number of furan rings is 1. The number of aromatic nitrogens is 4. The lowest BCUT2D eigenvalue weighted by atomic mass is 10.1. The molecule has 0 saturated heterocycles. The minimum atomic E-state index is -0.285. The highest BCUT2D eigenvalue weighted by Gasteiger charge is 2.17. The van der Waals surface area contributed by atoms with Gasteiger partial charge in [-0.05, 0) is 37.3 Å². The van der Waals surface area contributed by atoms with Crippen molar-refractivity contribution in [1.29, 1.82) is 0 Å². The van der Waals surface area contributed by atoms with Gasteiger partial charge in [-0.25, -0.2) is 9.37 Å². The average molecular weight is 384 g/mol. The Morgan fingerprint density at radius 2 is 1.79 bits per heavy atom. The number of nitrogens with zero attached hydrogens (tertiary/aromatic N) is 4. The van der Waals surface area contributed by atoms with Crippen LogP contribution in [0, 0.1) is 5.82 Å². The van der Waals surface area contributed by atoms with E-state index < -0.39 is 0 Å². The third kappa shape index (κ3) is 3.18. The minimum absolute atomic E-state index is 0.285. The van der Waals surface area contributed by atoms with Crippen LogP contribution in [-0.4, -0.2) is 19.7 Å². The Bertz CT molecular complexity index is 1290. The van der Waals surface area contributed by atoms with E-state index in [1.807, 2.05) is 54.2 Å². The van der Waals surface area contributed by atoms with Crippen molar-refractivity contribution in [1.82, 2.24) is 19.7 Å². The molecule has 0 N–H and O–H groups in total. The first kappa shape index (κ1) is 17.3. The molecule has 0 fully saturated rings. The summed E-state index contributed by atoms with van der Waals surface area (Å²) in [7, 11) is 0. The highest BCUT2D eigenvalue weighted by Crippen LogP contribution is 2.32. The molecule has 142 valence electrons. The van der Waals surface area contributed by atoms with Crippen molar-refractivity contribution < 1.29 is 8.81 Å². The van der Waals surface area contributed by atoms with Crippen molar-refractivity contribution in [3.05, 3.63) is 78.9 Å². The van der Waals surface area contributed by atoms with Gasteiger partial charge in [-0.1, -0.05) is 30.3 Å². The molecule has 5 rings (SSSR count). The summed E-state index contributed by atoms with van der Waals surface area (Å²) in [4.78, 5) is 9.17. The van der Waals surface area contributed by atoms with Crippen LogP contribution in [0.1, 0.15) is 6.92 Å². The lowest BCUT2D eigenvalue weighted by molar-refractivity contribution is 0.618. The first-order valence-electron chi connectivity index (χ1n) is 9.37. The zero-order valence-electron chi connectivity index (χ0n) is 15.7. The molecule has 0 aliphatic heterocycles. The van der Waals surface area contributed by atoms with Gasteiger partial charge in [0.25, 0.3) is 0 Å². The molecular weight excluding hydrogens is 367 g/mol. The Morgan fingerprint density at radius 3 is 2.55 bits per heavy atom. The van der Waals surface area contributed by atoms with Crippen LogP contribution in [0.4, 0.5) is 4.39 Å². The topological polar surface area (TPSA) is 56.7 Å². The van der Waals surface area contributed by atoms with Crippen LogP contribution < -0.4 is 0 Å². The van der Waals surface area contributed by atoms with Crippen LogP contribution >= 0.6 is 0 Å². The van der Waals surface area contributed by atoms with E-state index in [9.17, 15) is 4.39 Å². The first-order chi connectivity index (χ1) is 14.2. The molecule has 3 heterocycles. The molecule has 5 aromatic rings. The molecule has 0 radical (unpaired) electrons. The fourth-order valence-corrected chi connectivity index (χ4v) is 3.27. The molecule has 0 saturated carbocycles. The van der Waals surface area contributed by atoms with Crippen molar-refractivity contribution in [3.8, 4) is 34.0 Å². The summed E-state index contributed by atoms with van der Waals surface area (Å²) in [6.45, 7) is 2.71. The first-order valence-corrected chi connectivity index (χ1v) is 9.37. The summed E-state index contributed by atoms with van der Waals surface area (Å²) in [5.74, 6) is 0.979. The van der Waals surface area contributed by atoms with Gasteiger partial charge in [0.05, 0.1) is 10.9 Å². The van der Waals surface area contributed by atoms with Crippen molar-refractivity contribution >= 4 is 11.1 Å². The second-order valence-electron chi connectivity index (χ2n) is 6.68.